The number of phenolic OH excluding ortho intramolecular Hbond substituents is 1. The molecule has 0 aliphatic rings. The summed E-state index contributed by atoms with van der Waals surface area (Å²) in [6.07, 6.45) is 0. The van der Waals surface area contributed by atoms with Crippen molar-refractivity contribution in [3.8, 4) is 5.75 Å². The first kappa shape index (κ1) is 14.2. The van der Waals surface area contributed by atoms with Crippen LogP contribution in [0.1, 0.15) is 0 Å². The fourth-order valence-corrected chi connectivity index (χ4v) is 3.06. The fraction of sp³-hybridized carbons (Fsp3) is 0. The third-order valence-electron chi connectivity index (χ3n) is 3.00. The predicted molar refractivity (Wildman–Crippen MR) is 81.4 cm³/mol. The van der Waals surface area contributed by atoms with Crippen LogP contribution >= 0.6 is 0 Å². The molecule has 0 spiro atoms. The molecule has 0 saturated carbocycles. The Morgan fingerprint density at radius 3 is 2.55 bits per heavy atom. The molecule has 0 aliphatic carbocycles. The van der Waals surface area contributed by atoms with Crippen molar-refractivity contribution in [1.29, 1.82) is 0 Å². The number of sulfonamides is 1. The number of rotatable bonds is 3. The third-order valence-corrected chi connectivity index (χ3v) is 4.38. The van der Waals surface area contributed by atoms with Crippen LogP contribution in [0, 0.1) is 0 Å². The van der Waals surface area contributed by atoms with Crippen LogP contribution in [0.5, 0.6) is 5.75 Å². The number of phenols is 1. The van der Waals surface area contributed by atoms with E-state index >= 15 is 0 Å². The molecule has 22 heavy (non-hydrogen) atoms. The van der Waals surface area contributed by atoms with Crippen LogP contribution in [0.2, 0.25) is 0 Å². The molecule has 0 unspecified atom stereocenters. The van der Waals surface area contributed by atoms with Gasteiger partial charge in [-0.3, -0.25) is 4.72 Å². The third kappa shape index (κ3) is 2.79. The van der Waals surface area contributed by atoms with Crippen molar-refractivity contribution < 1.29 is 17.9 Å². The van der Waals surface area contributed by atoms with Gasteiger partial charge in [-0.2, -0.15) is 0 Å². The summed E-state index contributed by atoms with van der Waals surface area (Å²) >= 11 is 0. The number of aromatic hydroxyl groups is 1. The van der Waals surface area contributed by atoms with Gasteiger partial charge in [-0.25, -0.2) is 13.2 Å². The summed E-state index contributed by atoms with van der Waals surface area (Å²) in [5, 5.41) is 9.99. The maximum absolute atomic E-state index is 12.3. The van der Waals surface area contributed by atoms with Crippen molar-refractivity contribution >= 4 is 26.7 Å². The average Bonchev–Trinajstić information content (AvgIpc) is 2.46. The van der Waals surface area contributed by atoms with Crippen LogP contribution in [0.4, 0.5) is 5.69 Å². The van der Waals surface area contributed by atoms with E-state index in [0.717, 1.165) is 0 Å². The molecule has 0 atom stereocenters. The molecule has 3 rings (SSSR count). The minimum atomic E-state index is -3.86. The maximum atomic E-state index is 12.3. The van der Waals surface area contributed by atoms with Gasteiger partial charge in [0.25, 0.3) is 10.0 Å². The second kappa shape index (κ2) is 5.19. The van der Waals surface area contributed by atoms with E-state index in [1.165, 1.54) is 42.5 Å². The molecule has 0 radical (unpaired) electrons. The van der Waals surface area contributed by atoms with Crippen LogP contribution in [0.25, 0.3) is 11.0 Å². The highest BCUT2D eigenvalue weighted by Gasteiger charge is 2.15. The molecule has 0 fully saturated rings. The molecule has 0 bridgehead atoms. The van der Waals surface area contributed by atoms with E-state index in [4.69, 9.17) is 4.42 Å². The van der Waals surface area contributed by atoms with E-state index in [2.05, 4.69) is 4.72 Å². The first-order chi connectivity index (χ1) is 10.4. The van der Waals surface area contributed by atoms with E-state index in [9.17, 15) is 18.3 Å². The lowest BCUT2D eigenvalue weighted by molar-refractivity contribution is 0.475. The van der Waals surface area contributed by atoms with Gasteiger partial charge in [0, 0.05) is 23.6 Å². The Bertz CT molecular complexity index is 1010. The van der Waals surface area contributed by atoms with Crippen LogP contribution in [-0.2, 0) is 10.0 Å². The quantitative estimate of drug-likeness (QED) is 0.723. The van der Waals surface area contributed by atoms with Crippen LogP contribution in [-0.4, -0.2) is 13.5 Å². The van der Waals surface area contributed by atoms with Crippen molar-refractivity contribution in [2.45, 2.75) is 4.90 Å². The molecule has 6 nitrogen and oxygen atoms in total. The van der Waals surface area contributed by atoms with Gasteiger partial charge in [-0.05, 0) is 30.3 Å². The van der Waals surface area contributed by atoms with E-state index in [0.29, 0.717) is 5.39 Å². The molecule has 1 heterocycles. The zero-order chi connectivity index (χ0) is 15.7. The Balaban J connectivity index is 2.03. The zero-order valence-electron chi connectivity index (χ0n) is 11.2. The Labute approximate surface area is 125 Å². The van der Waals surface area contributed by atoms with E-state index < -0.39 is 15.6 Å². The van der Waals surface area contributed by atoms with Crippen molar-refractivity contribution in [2.24, 2.45) is 0 Å². The van der Waals surface area contributed by atoms with Gasteiger partial charge in [-0.1, -0.05) is 6.07 Å². The number of benzene rings is 2. The number of nitrogens with one attached hydrogen (secondary N) is 1. The van der Waals surface area contributed by atoms with Crippen molar-refractivity contribution in [3.05, 3.63) is 65.0 Å². The van der Waals surface area contributed by atoms with Gasteiger partial charge in [0.05, 0.1) is 10.6 Å². The largest absolute Gasteiger partial charge is 0.508 e. The van der Waals surface area contributed by atoms with Crippen LogP contribution in [0.3, 0.4) is 0 Å². The highest BCUT2D eigenvalue weighted by atomic mass is 32.2. The number of fused-ring (bicyclic) bond motifs is 1. The molecular formula is C15H11NO5S. The molecule has 2 aromatic carbocycles. The summed E-state index contributed by atoms with van der Waals surface area (Å²) in [6, 6.07) is 12.8. The van der Waals surface area contributed by atoms with E-state index in [1.54, 1.807) is 12.1 Å². The van der Waals surface area contributed by atoms with Crippen LogP contribution in [0.15, 0.2) is 68.7 Å². The topological polar surface area (TPSA) is 96.6 Å². The second-order valence-electron chi connectivity index (χ2n) is 4.61. The summed E-state index contributed by atoms with van der Waals surface area (Å²) in [6.45, 7) is 0. The molecule has 3 aromatic rings. The normalized spacial score (nSPS) is 11.5. The monoisotopic (exact) mass is 317 g/mol. The Morgan fingerprint density at radius 1 is 1.00 bits per heavy atom. The highest BCUT2D eigenvalue weighted by Crippen LogP contribution is 2.22. The van der Waals surface area contributed by atoms with Gasteiger partial charge in [-0.15, -0.1) is 0 Å². The Hall–Kier alpha value is -2.80. The van der Waals surface area contributed by atoms with Gasteiger partial charge in [0.2, 0.25) is 0 Å². The molecule has 0 saturated heterocycles. The molecule has 0 aliphatic heterocycles. The van der Waals surface area contributed by atoms with Gasteiger partial charge in [0.15, 0.2) is 0 Å². The minimum absolute atomic E-state index is 0.0438. The summed E-state index contributed by atoms with van der Waals surface area (Å²) in [5.41, 5.74) is -0.135. The lowest BCUT2D eigenvalue weighted by Gasteiger charge is -2.08. The number of anilines is 1. The van der Waals surface area contributed by atoms with Crippen molar-refractivity contribution in [1.82, 2.24) is 0 Å². The molecular weight excluding hydrogens is 306 g/mol. The number of hydrogen-bond acceptors (Lipinski definition) is 5. The fourth-order valence-electron chi connectivity index (χ4n) is 1.99. The van der Waals surface area contributed by atoms with Crippen molar-refractivity contribution in [3.63, 3.8) is 0 Å². The van der Waals surface area contributed by atoms with Gasteiger partial charge in [0.1, 0.15) is 11.3 Å². The lowest BCUT2D eigenvalue weighted by atomic mass is 10.2. The summed E-state index contributed by atoms with van der Waals surface area (Å²) in [5.74, 6) is -0.0512. The van der Waals surface area contributed by atoms with E-state index in [-0.39, 0.29) is 21.9 Å². The minimum Gasteiger partial charge on any atom is -0.508 e. The molecule has 2 N–H and O–H groups in total. The Morgan fingerprint density at radius 2 is 1.77 bits per heavy atom. The zero-order valence-corrected chi connectivity index (χ0v) is 12.0. The Kier molecular flexibility index (Phi) is 3.34. The first-order valence-electron chi connectivity index (χ1n) is 6.30. The van der Waals surface area contributed by atoms with E-state index in [1.807, 2.05) is 0 Å². The summed E-state index contributed by atoms with van der Waals surface area (Å²) in [4.78, 5) is 11.2. The average molecular weight is 317 g/mol. The second-order valence-corrected chi connectivity index (χ2v) is 6.29. The summed E-state index contributed by atoms with van der Waals surface area (Å²) < 4.78 is 32.0. The smallest absolute Gasteiger partial charge is 0.336 e. The highest BCUT2D eigenvalue weighted by molar-refractivity contribution is 7.92. The van der Waals surface area contributed by atoms with Crippen molar-refractivity contribution in [2.75, 3.05) is 4.72 Å². The molecule has 1 aromatic heterocycles. The summed E-state index contributed by atoms with van der Waals surface area (Å²) in [7, 11) is -3.86. The molecule has 7 heteroatoms. The molecule has 0 amide bonds. The van der Waals surface area contributed by atoms with Gasteiger partial charge >= 0.3 is 5.63 Å². The lowest BCUT2D eigenvalue weighted by Crippen LogP contribution is -2.12. The standard InChI is InChI=1S/C15H11NO5S/c17-12-3-1-2-11(8-12)16-22(19,20)13-6-4-10-5-7-15(18)21-14(10)9-13/h1-9,16-17H. The predicted octanol–water partition coefficient (Wildman–Crippen LogP) is 2.30. The SMILES string of the molecule is O=c1ccc2ccc(S(=O)(=O)Nc3cccc(O)c3)cc2o1. The molecule has 112 valence electrons. The number of hydrogen-bond donors (Lipinski definition) is 2. The maximum Gasteiger partial charge on any atom is 0.336 e. The van der Waals surface area contributed by atoms with Gasteiger partial charge < -0.3 is 9.52 Å². The van der Waals surface area contributed by atoms with Crippen LogP contribution < -0.4 is 10.3 Å². The first-order valence-corrected chi connectivity index (χ1v) is 7.78.